The number of methoxy groups -OCH3 is 1. The summed E-state index contributed by atoms with van der Waals surface area (Å²) in [7, 11) is 1.69. The molecule has 0 aliphatic heterocycles. The molecular weight excluding hydrogens is 192 g/mol. The summed E-state index contributed by atoms with van der Waals surface area (Å²) in [6, 6.07) is 8.28. The van der Waals surface area contributed by atoms with Gasteiger partial charge in [0.2, 0.25) is 0 Å². The van der Waals surface area contributed by atoms with Crippen LogP contribution in [0.5, 0.6) is 5.75 Å². The van der Waals surface area contributed by atoms with Crippen LogP contribution in [0.4, 0.5) is 0 Å². The highest BCUT2D eigenvalue weighted by atomic mass is 16.5. The largest absolute Gasteiger partial charge is 0.493 e. The van der Waals surface area contributed by atoms with Gasteiger partial charge in [0.05, 0.1) is 19.3 Å². The van der Waals surface area contributed by atoms with Crippen LogP contribution >= 0.6 is 0 Å². The molecule has 0 aliphatic carbocycles. The Balaban J connectivity index is 2.37. The Labute approximate surface area is 90.6 Å². The molecule has 0 spiro atoms. The van der Waals surface area contributed by atoms with E-state index in [0.29, 0.717) is 6.61 Å². The van der Waals surface area contributed by atoms with Crippen molar-refractivity contribution in [3.63, 3.8) is 0 Å². The molecule has 0 bridgehead atoms. The average Bonchev–Trinajstić information content (AvgIpc) is 2.29. The van der Waals surface area contributed by atoms with Crippen LogP contribution in [0.2, 0.25) is 0 Å². The van der Waals surface area contributed by atoms with Crippen LogP contribution in [0.25, 0.3) is 0 Å². The van der Waals surface area contributed by atoms with E-state index in [0.717, 1.165) is 17.7 Å². The molecule has 0 amide bonds. The minimum absolute atomic E-state index is 0.00826. The number of aliphatic hydroxyl groups excluding tert-OH is 1. The fourth-order valence-corrected chi connectivity index (χ4v) is 1.13. The minimum atomic E-state index is -0.00826. The molecule has 3 nitrogen and oxygen atoms in total. The molecule has 1 N–H and O–H groups in total. The third-order valence-corrected chi connectivity index (χ3v) is 2.20. The van der Waals surface area contributed by atoms with E-state index in [1.807, 2.05) is 13.0 Å². The molecular formula is C12H17O3. The first-order chi connectivity index (χ1) is 7.26. The second-order valence-corrected chi connectivity index (χ2v) is 3.39. The topological polar surface area (TPSA) is 38.7 Å². The highest BCUT2D eigenvalue weighted by molar-refractivity contribution is 5.26. The van der Waals surface area contributed by atoms with E-state index < -0.39 is 0 Å². The normalized spacial score (nSPS) is 12.5. The zero-order valence-electron chi connectivity index (χ0n) is 9.19. The van der Waals surface area contributed by atoms with Gasteiger partial charge >= 0.3 is 0 Å². The predicted molar refractivity (Wildman–Crippen MR) is 57.8 cm³/mol. The van der Waals surface area contributed by atoms with Crippen molar-refractivity contribution < 1.29 is 14.6 Å². The maximum atomic E-state index is 8.91. The van der Waals surface area contributed by atoms with Crippen LogP contribution < -0.4 is 4.74 Å². The third kappa shape index (κ3) is 4.32. The Morgan fingerprint density at radius 3 is 3.00 bits per heavy atom. The molecule has 0 fully saturated rings. The summed E-state index contributed by atoms with van der Waals surface area (Å²) in [5.41, 5.74) is 0.743. The molecule has 1 aromatic carbocycles. The van der Waals surface area contributed by atoms with Crippen molar-refractivity contribution in [2.24, 2.45) is 0 Å². The molecule has 1 unspecified atom stereocenters. The van der Waals surface area contributed by atoms with Gasteiger partial charge in [0, 0.05) is 13.5 Å². The highest BCUT2D eigenvalue weighted by Crippen LogP contribution is 2.13. The lowest BCUT2D eigenvalue weighted by atomic mass is 10.2. The van der Waals surface area contributed by atoms with Crippen molar-refractivity contribution in [1.82, 2.24) is 0 Å². The summed E-state index contributed by atoms with van der Waals surface area (Å²) in [6.07, 6.45) is 1.06. The molecule has 1 rings (SSSR count). The fraction of sp³-hybridized carbons (Fsp3) is 0.500. The molecule has 0 heterocycles. The molecule has 1 radical (unpaired) electrons. The molecule has 0 saturated heterocycles. The van der Waals surface area contributed by atoms with Gasteiger partial charge in [0.25, 0.3) is 0 Å². The predicted octanol–water partition coefficient (Wildman–Crippen LogP) is 1.78. The van der Waals surface area contributed by atoms with Gasteiger partial charge in [-0.2, -0.15) is 0 Å². The molecule has 1 aromatic rings. The summed E-state index contributed by atoms with van der Waals surface area (Å²) in [6.45, 7) is 2.61. The quantitative estimate of drug-likeness (QED) is 0.776. The molecule has 0 saturated carbocycles. The number of hydrogen-bond donors (Lipinski definition) is 1. The summed E-state index contributed by atoms with van der Waals surface area (Å²) in [5, 5.41) is 8.91. The van der Waals surface area contributed by atoms with E-state index in [-0.39, 0.29) is 12.7 Å². The van der Waals surface area contributed by atoms with Crippen molar-refractivity contribution in [2.45, 2.75) is 26.1 Å². The van der Waals surface area contributed by atoms with Gasteiger partial charge in [0.15, 0.2) is 0 Å². The lowest BCUT2D eigenvalue weighted by Crippen LogP contribution is -2.10. The fourth-order valence-electron chi connectivity index (χ4n) is 1.13. The SMILES string of the molecule is COC(C)CCOc1cc[c]c(CO)c1. The van der Waals surface area contributed by atoms with Crippen LogP contribution in [0.3, 0.4) is 0 Å². The van der Waals surface area contributed by atoms with Crippen LogP contribution in [-0.2, 0) is 11.3 Å². The van der Waals surface area contributed by atoms with Crippen molar-refractivity contribution >= 4 is 0 Å². The monoisotopic (exact) mass is 209 g/mol. The second kappa shape index (κ2) is 6.43. The third-order valence-electron chi connectivity index (χ3n) is 2.20. The van der Waals surface area contributed by atoms with Crippen molar-refractivity contribution in [1.29, 1.82) is 0 Å². The van der Waals surface area contributed by atoms with Crippen LogP contribution in [0, 0.1) is 6.07 Å². The molecule has 0 aliphatic rings. The van der Waals surface area contributed by atoms with E-state index >= 15 is 0 Å². The van der Waals surface area contributed by atoms with Gasteiger partial charge in [-0.3, -0.25) is 0 Å². The van der Waals surface area contributed by atoms with Gasteiger partial charge < -0.3 is 14.6 Å². The lowest BCUT2D eigenvalue weighted by molar-refractivity contribution is 0.0955. The molecule has 1 atom stereocenters. The van der Waals surface area contributed by atoms with E-state index in [1.165, 1.54) is 0 Å². The first-order valence-corrected chi connectivity index (χ1v) is 5.03. The van der Waals surface area contributed by atoms with E-state index in [4.69, 9.17) is 14.6 Å². The first kappa shape index (κ1) is 12.0. The zero-order chi connectivity index (χ0) is 11.1. The lowest BCUT2D eigenvalue weighted by Gasteiger charge is -2.10. The van der Waals surface area contributed by atoms with Crippen LogP contribution in [-0.4, -0.2) is 24.9 Å². The molecule has 0 aromatic heterocycles. The van der Waals surface area contributed by atoms with Crippen molar-refractivity contribution in [3.8, 4) is 5.75 Å². The van der Waals surface area contributed by atoms with Crippen molar-refractivity contribution in [3.05, 3.63) is 29.8 Å². The smallest absolute Gasteiger partial charge is 0.119 e. The number of benzene rings is 1. The van der Waals surface area contributed by atoms with Crippen LogP contribution in [0.1, 0.15) is 18.9 Å². The van der Waals surface area contributed by atoms with E-state index in [1.54, 1.807) is 19.2 Å². The first-order valence-electron chi connectivity index (χ1n) is 5.03. The Bertz CT molecular complexity index is 286. The molecule has 15 heavy (non-hydrogen) atoms. The van der Waals surface area contributed by atoms with Crippen LogP contribution in [0.15, 0.2) is 18.2 Å². The Hall–Kier alpha value is -1.06. The summed E-state index contributed by atoms with van der Waals surface area (Å²) in [5.74, 6) is 0.765. The zero-order valence-corrected chi connectivity index (χ0v) is 9.19. The number of rotatable bonds is 6. The number of ether oxygens (including phenoxy) is 2. The summed E-state index contributed by atoms with van der Waals surface area (Å²) < 4.78 is 10.6. The van der Waals surface area contributed by atoms with Gasteiger partial charge in [-0.05, 0) is 30.7 Å². The Morgan fingerprint density at radius 2 is 2.33 bits per heavy atom. The molecule has 83 valence electrons. The highest BCUT2D eigenvalue weighted by Gasteiger charge is 2.00. The standard InChI is InChI=1S/C12H17O3/c1-10(14-2)6-7-15-12-5-3-4-11(8-12)9-13/h3,5,8,10,13H,6-7,9H2,1-2H3. The summed E-state index contributed by atoms with van der Waals surface area (Å²) >= 11 is 0. The maximum absolute atomic E-state index is 8.91. The molecule has 3 heteroatoms. The van der Waals surface area contributed by atoms with E-state index in [2.05, 4.69) is 6.07 Å². The maximum Gasteiger partial charge on any atom is 0.119 e. The minimum Gasteiger partial charge on any atom is -0.493 e. The van der Waals surface area contributed by atoms with Gasteiger partial charge in [0.1, 0.15) is 5.75 Å². The van der Waals surface area contributed by atoms with Gasteiger partial charge in [-0.1, -0.05) is 6.07 Å². The average molecular weight is 209 g/mol. The number of aliphatic hydroxyl groups is 1. The van der Waals surface area contributed by atoms with Crippen molar-refractivity contribution in [2.75, 3.05) is 13.7 Å². The van der Waals surface area contributed by atoms with E-state index in [9.17, 15) is 0 Å². The summed E-state index contributed by atoms with van der Waals surface area (Å²) in [4.78, 5) is 0. The number of hydrogen-bond acceptors (Lipinski definition) is 3. The second-order valence-electron chi connectivity index (χ2n) is 3.39. The van der Waals surface area contributed by atoms with Gasteiger partial charge in [-0.25, -0.2) is 0 Å². The van der Waals surface area contributed by atoms with Gasteiger partial charge in [-0.15, -0.1) is 0 Å². The Kier molecular flexibility index (Phi) is 5.15. The Morgan fingerprint density at radius 1 is 1.53 bits per heavy atom.